The fourth-order valence-electron chi connectivity index (χ4n) is 1.40. The molecule has 1 aromatic carbocycles. The molecule has 1 aromatic heterocycles. The van der Waals surface area contributed by atoms with Crippen LogP contribution in [-0.4, -0.2) is 4.92 Å². The van der Waals surface area contributed by atoms with Crippen LogP contribution in [0.25, 0.3) is 0 Å². The van der Waals surface area contributed by atoms with Gasteiger partial charge in [0.2, 0.25) is 0 Å². The summed E-state index contributed by atoms with van der Waals surface area (Å²) in [6, 6.07) is 6.33. The number of nitro groups is 1. The van der Waals surface area contributed by atoms with Gasteiger partial charge in [0.15, 0.2) is 0 Å². The summed E-state index contributed by atoms with van der Waals surface area (Å²) in [4.78, 5) is 11.0. The average molecular weight is 338 g/mol. The fraction of sp³-hybridized carbons (Fsp3) is 0.0909. The van der Waals surface area contributed by atoms with Crippen molar-refractivity contribution < 1.29 is 4.92 Å². The van der Waals surface area contributed by atoms with Crippen LogP contribution in [0.2, 0.25) is 15.1 Å². The highest BCUT2D eigenvalue weighted by Gasteiger charge is 2.10. The van der Waals surface area contributed by atoms with Crippen molar-refractivity contribution in [2.45, 2.75) is 6.54 Å². The highest BCUT2D eigenvalue weighted by atomic mass is 35.5. The van der Waals surface area contributed by atoms with Crippen LogP contribution in [0.5, 0.6) is 0 Å². The van der Waals surface area contributed by atoms with Gasteiger partial charge >= 0.3 is 5.00 Å². The van der Waals surface area contributed by atoms with E-state index in [2.05, 4.69) is 5.32 Å². The second-order valence-corrected chi connectivity index (χ2v) is 5.97. The molecule has 0 radical (unpaired) electrons. The number of nitrogens with zero attached hydrogens (tertiary/aromatic N) is 1. The van der Waals surface area contributed by atoms with Gasteiger partial charge in [0, 0.05) is 17.5 Å². The van der Waals surface area contributed by atoms with Crippen LogP contribution in [0.4, 0.5) is 10.7 Å². The van der Waals surface area contributed by atoms with E-state index in [4.69, 9.17) is 34.8 Å². The molecule has 0 atom stereocenters. The summed E-state index contributed by atoms with van der Waals surface area (Å²) in [5.41, 5.74) is 0.632. The summed E-state index contributed by atoms with van der Waals surface area (Å²) in [6.45, 7) is 0.427. The zero-order valence-corrected chi connectivity index (χ0v) is 12.4. The van der Waals surface area contributed by atoms with Gasteiger partial charge in [0.25, 0.3) is 0 Å². The normalized spacial score (nSPS) is 10.5. The Kier molecular flexibility index (Phi) is 4.52. The Morgan fingerprint density at radius 3 is 2.47 bits per heavy atom. The van der Waals surface area contributed by atoms with Crippen molar-refractivity contribution in [2.75, 3.05) is 5.32 Å². The SMILES string of the molecule is O=[N+]([O-])c1ccc(CNc2cc(Cl)c(Cl)cc2Cl)s1. The molecule has 2 rings (SSSR count). The Morgan fingerprint density at radius 1 is 1.16 bits per heavy atom. The van der Waals surface area contributed by atoms with E-state index in [1.807, 2.05) is 0 Å². The van der Waals surface area contributed by atoms with Gasteiger partial charge in [-0.1, -0.05) is 46.1 Å². The molecule has 4 nitrogen and oxygen atoms in total. The van der Waals surface area contributed by atoms with Gasteiger partial charge in [-0.2, -0.15) is 0 Å². The van der Waals surface area contributed by atoms with Crippen molar-refractivity contribution in [3.8, 4) is 0 Å². The van der Waals surface area contributed by atoms with Crippen molar-refractivity contribution in [1.82, 2.24) is 0 Å². The Balaban J connectivity index is 2.09. The van der Waals surface area contributed by atoms with E-state index >= 15 is 0 Å². The Labute approximate surface area is 128 Å². The van der Waals surface area contributed by atoms with Gasteiger partial charge in [-0.05, 0) is 18.2 Å². The molecule has 100 valence electrons. The molecule has 0 fully saturated rings. The number of hydrogen-bond acceptors (Lipinski definition) is 4. The van der Waals surface area contributed by atoms with E-state index in [1.54, 1.807) is 18.2 Å². The van der Waals surface area contributed by atoms with Crippen molar-refractivity contribution in [1.29, 1.82) is 0 Å². The van der Waals surface area contributed by atoms with E-state index in [0.29, 0.717) is 27.3 Å². The van der Waals surface area contributed by atoms with Crippen LogP contribution in [0.1, 0.15) is 4.88 Å². The number of rotatable bonds is 4. The highest BCUT2D eigenvalue weighted by molar-refractivity contribution is 7.15. The quantitative estimate of drug-likeness (QED) is 0.472. The zero-order valence-electron chi connectivity index (χ0n) is 9.32. The highest BCUT2D eigenvalue weighted by Crippen LogP contribution is 2.33. The van der Waals surface area contributed by atoms with E-state index in [-0.39, 0.29) is 5.00 Å². The number of hydrogen-bond donors (Lipinski definition) is 1. The lowest BCUT2D eigenvalue weighted by Crippen LogP contribution is -1.98. The summed E-state index contributed by atoms with van der Waals surface area (Å²) < 4.78 is 0. The third-order valence-electron chi connectivity index (χ3n) is 2.29. The lowest BCUT2D eigenvalue weighted by atomic mass is 10.3. The second kappa shape index (κ2) is 5.96. The van der Waals surface area contributed by atoms with Crippen LogP contribution in [-0.2, 0) is 6.54 Å². The molecule has 2 aromatic rings. The summed E-state index contributed by atoms with van der Waals surface area (Å²) in [5, 5.41) is 15.0. The third kappa shape index (κ3) is 3.51. The summed E-state index contributed by atoms with van der Waals surface area (Å²) in [6.07, 6.45) is 0. The Morgan fingerprint density at radius 2 is 1.84 bits per heavy atom. The van der Waals surface area contributed by atoms with Crippen molar-refractivity contribution >= 4 is 56.8 Å². The molecular formula is C11H7Cl3N2O2S. The molecule has 0 saturated carbocycles. The maximum Gasteiger partial charge on any atom is 0.324 e. The first-order valence-corrected chi connectivity index (χ1v) is 7.04. The first-order valence-electron chi connectivity index (χ1n) is 5.09. The molecule has 1 heterocycles. The molecule has 0 bridgehead atoms. The lowest BCUT2D eigenvalue weighted by Gasteiger charge is -2.08. The van der Waals surface area contributed by atoms with Crippen LogP contribution >= 0.6 is 46.1 Å². The molecule has 0 amide bonds. The molecule has 0 aliphatic rings. The van der Waals surface area contributed by atoms with Crippen LogP contribution in [0.15, 0.2) is 24.3 Å². The predicted octanol–water partition coefficient (Wildman–Crippen LogP) is 5.23. The summed E-state index contributed by atoms with van der Waals surface area (Å²) in [5.74, 6) is 0. The van der Waals surface area contributed by atoms with Crippen molar-refractivity contribution in [3.05, 3.63) is 54.3 Å². The number of benzene rings is 1. The minimum atomic E-state index is -0.416. The smallest absolute Gasteiger partial charge is 0.324 e. The van der Waals surface area contributed by atoms with Gasteiger partial charge in [-0.3, -0.25) is 10.1 Å². The van der Waals surface area contributed by atoms with Gasteiger partial charge in [-0.25, -0.2) is 0 Å². The van der Waals surface area contributed by atoms with Gasteiger partial charge in [0.1, 0.15) is 0 Å². The number of anilines is 1. The van der Waals surface area contributed by atoms with Gasteiger partial charge in [0.05, 0.1) is 25.7 Å². The molecule has 0 saturated heterocycles. The van der Waals surface area contributed by atoms with Crippen LogP contribution in [0.3, 0.4) is 0 Å². The molecule has 0 unspecified atom stereocenters. The first kappa shape index (κ1) is 14.4. The lowest BCUT2D eigenvalue weighted by molar-refractivity contribution is -0.380. The minimum absolute atomic E-state index is 0.108. The monoisotopic (exact) mass is 336 g/mol. The van der Waals surface area contributed by atoms with Crippen molar-refractivity contribution in [3.63, 3.8) is 0 Å². The number of nitrogens with one attached hydrogen (secondary N) is 1. The maximum atomic E-state index is 10.6. The summed E-state index contributed by atoms with van der Waals surface area (Å²) >= 11 is 18.8. The molecule has 0 aliphatic carbocycles. The maximum absolute atomic E-state index is 10.6. The van der Waals surface area contributed by atoms with E-state index < -0.39 is 4.92 Å². The fourth-order valence-corrected chi connectivity index (χ4v) is 2.77. The number of thiophene rings is 1. The average Bonchev–Trinajstić information content (AvgIpc) is 2.81. The molecule has 8 heteroatoms. The van der Waals surface area contributed by atoms with Crippen LogP contribution < -0.4 is 5.32 Å². The predicted molar refractivity (Wildman–Crippen MR) is 79.8 cm³/mol. The zero-order chi connectivity index (χ0) is 14.0. The van der Waals surface area contributed by atoms with Gasteiger partial charge < -0.3 is 5.32 Å². The van der Waals surface area contributed by atoms with Gasteiger partial charge in [-0.15, -0.1) is 0 Å². The molecule has 19 heavy (non-hydrogen) atoms. The Bertz CT molecular complexity index is 630. The summed E-state index contributed by atoms with van der Waals surface area (Å²) in [7, 11) is 0. The standard InChI is InChI=1S/C11H7Cl3N2O2S/c12-7-3-9(14)10(4-8(7)13)15-5-6-1-2-11(19-6)16(17)18/h1-4,15H,5H2. The van der Waals surface area contributed by atoms with E-state index in [1.165, 1.54) is 6.07 Å². The van der Waals surface area contributed by atoms with Crippen LogP contribution in [0, 0.1) is 10.1 Å². The largest absolute Gasteiger partial charge is 0.379 e. The molecule has 0 spiro atoms. The second-order valence-electron chi connectivity index (χ2n) is 3.60. The minimum Gasteiger partial charge on any atom is -0.379 e. The molecule has 1 N–H and O–H groups in total. The first-order chi connectivity index (χ1) is 8.97. The molecular weight excluding hydrogens is 331 g/mol. The molecule has 0 aliphatic heterocycles. The Hall–Kier alpha value is -1.01. The van der Waals surface area contributed by atoms with E-state index in [9.17, 15) is 10.1 Å². The topological polar surface area (TPSA) is 55.2 Å². The van der Waals surface area contributed by atoms with Crippen molar-refractivity contribution in [2.24, 2.45) is 0 Å². The number of halogens is 3. The van der Waals surface area contributed by atoms with E-state index in [0.717, 1.165) is 16.2 Å². The third-order valence-corrected chi connectivity index (χ3v) is 4.36.